The van der Waals surface area contributed by atoms with Crippen molar-refractivity contribution in [1.82, 2.24) is 28.9 Å². The maximum absolute atomic E-state index is 5.30. The van der Waals surface area contributed by atoms with Crippen molar-refractivity contribution < 1.29 is 0 Å². The maximum atomic E-state index is 5.30. The van der Waals surface area contributed by atoms with Crippen LogP contribution in [-0.4, -0.2) is 28.9 Å². The Labute approximate surface area is 300 Å². The van der Waals surface area contributed by atoms with Gasteiger partial charge in [-0.05, 0) is 29.3 Å². The van der Waals surface area contributed by atoms with Crippen molar-refractivity contribution in [2.24, 2.45) is 0 Å². The highest BCUT2D eigenvalue weighted by atomic mass is 15.1. The molecule has 0 aliphatic heterocycles. The van der Waals surface area contributed by atoms with Crippen molar-refractivity contribution in [3.63, 3.8) is 0 Å². The molecular weight excluding hydrogens is 637 g/mol. The number of para-hydroxylation sites is 1. The minimum Gasteiger partial charge on any atom is -0.277 e. The first-order valence-electron chi connectivity index (χ1n) is 17.3. The molecule has 0 aliphatic carbocycles. The van der Waals surface area contributed by atoms with Crippen molar-refractivity contribution in [3.05, 3.63) is 182 Å². The molecule has 0 aliphatic rings. The fraction of sp³-hybridized carbons (Fsp3) is 0. The van der Waals surface area contributed by atoms with Gasteiger partial charge in [-0.25, -0.2) is 19.9 Å². The lowest BCUT2D eigenvalue weighted by Gasteiger charge is -2.13. The summed E-state index contributed by atoms with van der Waals surface area (Å²) in [5, 5.41) is 2.18. The van der Waals surface area contributed by atoms with E-state index in [1.807, 2.05) is 60.8 Å². The van der Waals surface area contributed by atoms with Crippen LogP contribution in [0.2, 0.25) is 0 Å². The monoisotopic (exact) mass is 666 g/mol. The van der Waals surface area contributed by atoms with Crippen LogP contribution in [0.5, 0.6) is 0 Å². The van der Waals surface area contributed by atoms with E-state index in [0.717, 1.165) is 84.0 Å². The Morgan fingerprint density at radius 1 is 0.385 bits per heavy atom. The fourth-order valence-corrected chi connectivity index (χ4v) is 7.22. The van der Waals surface area contributed by atoms with Crippen molar-refractivity contribution >= 4 is 27.6 Å². The summed E-state index contributed by atoms with van der Waals surface area (Å²) < 4.78 is 4.38. The Balaban J connectivity index is 1.19. The fourth-order valence-electron chi connectivity index (χ4n) is 7.22. The van der Waals surface area contributed by atoms with Gasteiger partial charge in [-0.1, -0.05) is 158 Å². The molecule has 244 valence electrons. The number of hydrogen-bond donors (Lipinski definition) is 0. The van der Waals surface area contributed by atoms with Crippen LogP contribution in [0.25, 0.3) is 89.8 Å². The third kappa shape index (κ3) is 4.88. The van der Waals surface area contributed by atoms with E-state index in [0.29, 0.717) is 5.82 Å². The Morgan fingerprint density at radius 2 is 0.942 bits per heavy atom. The summed E-state index contributed by atoms with van der Waals surface area (Å²) in [7, 11) is 0. The molecule has 0 atom stereocenters. The van der Waals surface area contributed by atoms with Gasteiger partial charge in [0.25, 0.3) is 0 Å². The van der Waals surface area contributed by atoms with Crippen molar-refractivity contribution in [1.29, 1.82) is 0 Å². The van der Waals surface area contributed by atoms with Gasteiger partial charge in [-0.3, -0.25) is 8.97 Å². The first-order valence-corrected chi connectivity index (χ1v) is 17.3. The van der Waals surface area contributed by atoms with E-state index in [-0.39, 0.29) is 0 Å². The third-order valence-corrected chi connectivity index (χ3v) is 9.62. The first kappa shape index (κ1) is 29.7. The number of rotatable bonds is 6. The summed E-state index contributed by atoms with van der Waals surface area (Å²) in [6.45, 7) is 0. The van der Waals surface area contributed by atoms with Gasteiger partial charge in [0.05, 0.1) is 5.69 Å². The molecule has 6 nitrogen and oxygen atoms in total. The molecule has 0 saturated carbocycles. The zero-order chi connectivity index (χ0) is 34.4. The summed E-state index contributed by atoms with van der Waals surface area (Å²) in [6, 6.07) is 60.5. The lowest BCUT2D eigenvalue weighted by molar-refractivity contribution is 1.05. The lowest BCUT2D eigenvalue weighted by atomic mass is 10.0. The van der Waals surface area contributed by atoms with Crippen molar-refractivity contribution in [3.8, 4) is 62.2 Å². The molecule has 10 aromatic rings. The molecule has 0 N–H and O–H groups in total. The van der Waals surface area contributed by atoms with Crippen LogP contribution in [0.4, 0.5) is 0 Å². The normalized spacial score (nSPS) is 11.5. The number of pyridine rings is 1. The topological polar surface area (TPSA) is 60.9 Å². The molecule has 52 heavy (non-hydrogen) atoms. The molecule has 0 radical (unpaired) electrons. The Bertz CT molecular complexity index is 2860. The molecule has 6 aromatic carbocycles. The zero-order valence-corrected chi connectivity index (χ0v) is 28.0. The molecule has 0 amide bonds. The molecule has 0 saturated heterocycles. The highest BCUT2D eigenvalue weighted by Crippen LogP contribution is 2.39. The third-order valence-electron chi connectivity index (χ3n) is 9.62. The minimum absolute atomic E-state index is 0.695. The van der Waals surface area contributed by atoms with Crippen LogP contribution in [0.15, 0.2) is 182 Å². The van der Waals surface area contributed by atoms with Crippen LogP contribution in [-0.2, 0) is 0 Å². The molecule has 10 rings (SSSR count). The van der Waals surface area contributed by atoms with Crippen LogP contribution < -0.4 is 0 Å². The van der Waals surface area contributed by atoms with E-state index in [1.54, 1.807) is 0 Å². The quantitative estimate of drug-likeness (QED) is 0.177. The van der Waals surface area contributed by atoms with Gasteiger partial charge in [0.2, 0.25) is 0 Å². The second-order valence-corrected chi connectivity index (χ2v) is 12.7. The number of nitrogens with zero attached hydrogens (tertiary/aromatic N) is 6. The second kappa shape index (κ2) is 12.3. The summed E-state index contributed by atoms with van der Waals surface area (Å²) >= 11 is 0. The summed E-state index contributed by atoms with van der Waals surface area (Å²) in [5.41, 5.74) is 10.8. The number of imidazole rings is 1. The molecular formula is C46H30N6. The van der Waals surface area contributed by atoms with E-state index in [2.05, 4.69) is 130 Å². The van der Waals surface area contributed by atoms with Gasteiger partial charge in [0.1, 0.15) is 22.8 Å². The van der Waals surface area contributed by atoms with Gasteiger partial charge >= 0.3 is 0 Å². The van der Waals surface area contributed by atoms with E-state index >= 15 is 0 Å². The SMILES string of the molecule is c1ccc(-c2nc(-c3ccccc3)n3c(-c4ccc(-c5nc6c(-c7ccccc7)ccnc6n5-c5ccccc5)cc4)c4ccccc4c3n2)cc1. The van der Waals surface area contributed by atoms with Gasteiger partial charge < -0.3 is 0 Å². The number of hydrogen-bond acceptors (Lipinski definition) is 4. The van der Waals surface area contributed by atoms with Crippen LogP contribution in [0.1, 0.15) is 0 Å². The van der Waals surface area contributed by atoms with E-state index in [9.17, 15) is 0 Å². The minimum atomic E-state index is 0.695. The van der Waals surface area contributed by atoms with Crippen LogP contribution in [0.3, 0.4) is 0 Å². The molecule has 4 heterocycles. The Morgan fingerprint density at radius 3 is 1.63 bits per heavy atom. The lowest BCUT2D eigenvalue weighted by Crippen LogP contribution is -2.03. The summed E-state index contributed by atoms with van der Waals surface area (Å²) in [5.74, 6) is 2.36. The molecule has 0 fully saturated rings. The number of aromatic nitrogens is 6. The standard InChI is InChI=1S/C46H30N6/c1-5-15-31(16-6-1)37-29-30-47-46-40(37)48-43(51(46)36-21-11-4-12-22-36)35-27-25-32(26-28-35)41-38-23-13-14-24-39(38)45-50-42(33-17-7-2-8-18-33)49-44(52(41)45)34-19-9-3-10-20-34/h1-30H. The molecule has 6 heteroatoms. The smallest absolute Gasteiger partial charge is 0.165 e. The van der Waals surface area contributed by atoms with Gasteiger partial charge in [-0.2, -0.15) is 0 Å². The molecule has 4 aromatic heterocycles. The molecule has 0 bridgehead atoms. The van der Waals surface area contributed by atoms with Crippen molar-refractivity contribution in [2.75, 3.05) is 0 Å². The largest absolute Gasteiger partial charge is 0.277 e. The maximum Gasteiger partial charge on any atom is 0.165 e. The van der Waals surface area contributed by atoms with Gasteiger partial charge in [0.15, 0.2) is 11.5 Å². The predicted molar refractivity (Wildman–Crippen MR) is 210 cm³/mol. The highest BCUT2D eigenvalue weighted by Gasteiger charge is 2.22. The summed E-state index contributed by atoms with van der Waals surface area (Å²) in [4.78, 5) is 20.6. The van der Waals surface area contributed by atoms with Crippen LogP contribution in [0, 0.1) is 0 Å². The number of fused-ring (bicyclic) bond motifs is 4. The van der Waals surface area contributed by atoms with E-state index in [1.165, 1.54) is 0 Å². The summed E-state index contributed by atoms with van der Waals surface area (Å²) in [6.07, 6.45) is 1.87. The highest BCUT2D eigenvalue weighted by molar-refractivity contribution is 6.06. The number of benzene rings is 6. The Kier molecular flexibility index (Phi) is 7.03. The molecule has 0 spiro atoms. The average Bonchev–Trinajstić information content (AvgIpc) is 3.78. The zero-order valence-electron chi connectivity index (χ0n) is 28.0. The van der Waals surface area contributed by atoms with E-state index < -0.39 is 0 Å². The van der Waals surface area contributed by atoms with E-state index in [4.69, 9.17) is 19.9 Å². The first-order chi connectivity index (χ1) is 25.8. The molecule has 0 unspecified atom stereocenters. The average molecular weight is 667 g/mol. The van der Waals surface area contributed by atoms with Crippen LogP contribution >= 0.6 is 0 Å². The van der Waals surface area contributed by atoms with Gasteiger partial charge in [-0.15, -0.1) is 0 Å². The second-order valence-electron chi connectivity index (χ2n) is 12.7. The Hall–Kier alpha value is -7.18. The van der Waals surface area contributed by atoms with Crippen molar-refractivity contribution in [2.45, 2.75) is 0 Å². The predicted octanol–water partition coefficient (Wildman–Crippen LogP) is 11.0. The van der Waals surface area contributed by atoms with Gasteiger partial charge in [0, 0.05) is 44.9 Å².